The highest BCUT2D eigenvalue weighted by Crippen LogP contribution is 2.41. The minimum absolute atomic E-state index is 0.0168. The van der Waals surface area contributed by atoms with Crippen molar-refractivity contribution in [2.75, 3.05) is 17.0 Å². The largest absolute Gasteiger partial charge is 0.347 e. The predicted octanol–water partition coefficient (Wildman–Crippen LogP) is 5.59. The number of rotatable bonds is 6. The maximum atomic E-state index is 13.1. The van der Waals surface area contributed by atoms with E-state index in [1.165, 1.54) is 0 Å². The molecule has 2 aromatic rings. The fraction of sp³-hybridized carbons (Fsp3) is 0.300. The first-order chi connectivity index (χ1) is 12.8. The van der Waals surface area contributed by atoms with Crippen molar-refractivity contribution in [3.05, 3.63) is 56.5 Å². The molecule has 1 heterocycles. The van der Waals surface area contributed by atoms with Crippen molar-refractivity contribution in [3.8, 4) is 0 Å². The van der Waals surface area contributed by atoms with E-state index >= 15 is 0 Å². The Hall–Kier alpha value is -1.70. The number of halogens is 2. The fourth-order valence-corrected chi connectivity index (χ4v) is 3.91. The number of hydrazine groups is 1. The second-order valence-electron chi connectivity index (χ2n) is 6.32. The molecule has 2 aromatic carbocycles. The van der Waals surface area contributed by atoms with Crippen LogP contribution in [0.4, 0.5) is 11.4 Å². The molecule has 142 valence electrons. The van der Waals surface area contributed by atoms with Crippen LogP contribution in [0, 0.1) is 0 Å². The maximum Gasteiger partial charge on any atom is 0.220 e. The van der Waals surface area contributed by atoms with E-state index in [-0.39, 0.29) is 11.6 Å². The molecule has 0 spiro atoms. The van der Waals surface area contributed by atoms with Crippen molar-refractivity contribution in [3.63, 3.8) is 0 Å². The zero-order valence-corrected chi connectivity index (χ0v) is 18.5. The van der Waals surface area contributed by atoms with Crippen LogP contribution >= 0.6 is 31.9 Å². The van der Waals surface area contributed by atoms with Gasteiger partial charge in [-0.05, 0) is 50.2 Å². The number of fused-ring (bicyclic) bond motifs is 1. The molecule has 7 heteroatoms. The van der Waals surface area contributed by atoms with Crippen molar-refractivity contribution < 1.29 is 14.3 Å². The Morgan fingerprint density at radius 2 is 1.81 bits per heavy atom. The minimum atomic E-state index is -1.22. The summed E-state index contributed by atoms with van der Waals surface area (Å²) in [5.41, 5.74) is 4.50. The van der Waals surface area contributed by atoms with Gasteiger partial charge in [-0.25, -0.2) is 5.01 Å². The van der Waals surface area contributed by atoms with Crippen molar-refractivity contribution >= 4 is 54.8 Å². The summed E-state index contributed by atoms with van der Waals surface area (Å²) in [6.07, 6.45) is 0.389. The standard InChI is InChI=1S/C20H20Br2N2O3/c1-4-18(25)14-8-6-12(21)10-16(14)23-24-17-11-13(22)7-9-15(17)19(26)20(24,3)27-5-2/h6-11,23H,4-5H2,1-3H3/t20-/m1/s1. The molecule has 3 rings (SSSR count). The van der Waals surface area contributed by atoms with Gasteiger partial charge in [0.25, 0.3) is 0 Å². The van der Waals surface area contributed by atoms with Gasteiger partial charge in [0.15, 0.2) is 5.78 Å². The lowest BCUT2D eigenvalue weighted by Gasteiger charge is -2.36. The van der Waals surface area contributed by atoms with Gasteiger partial charge in [0.05, 0.1) is 11.4 Å². The number of nitrogens with zero attached hydrogens (tertiary/aromatic N) is 1. The highest BCUT2D eigenvalue weighted by molar-refractivity contribution is 9.10. The van der Waals surface area contributed by atoms with Crippen molar-refractivity contribution in [2.24, 2.45) is 0 Å². The molecule has 1 N–H and O–H groups in total. The van der Waals surface area contributed by atoms with Gasteiger partial charge in [0, 0.05) is 33.1 Å². The summed E-state index contributed by atoms with van der Waals surface area (Å²) in [6, 6.07) is 10.9. The first-order valence-electron chi connectivity index (χ1n) is 8.69. The number of hydrogen-bond acceptors (Lipinski definition) is 5. The predicted molar refractivity (Wildman–Crippen MR) is 113 cm³/mol. The third kappa shape index (κ3) is 3.56. The highest BCUT2D eigenvalue weighted by Gasteiger charge is 2.49. The first kappa shape index (κ1) is 20.0. The summed E-state index contributed by atoms with van der Waals surface area (Å²) >= 11 is 6.92. The highest BCUT2D eigenvalue weighted by atomic mass is 79.9. The molecule has 0 bridgehead atoms. The van der Waals surface area contributed by atoms with Crippen LogP contribution in [0.5, 0.6) is 0 Å². The van der Waals surface area contributed by atoms with Crippen LogP contribution in [0.25, 0.3) is 0 Å². The first-order valence-corrected chi connectivity index (χ1v) is 10.3. The summed E-state index contributed by atoms with van der Waals surface area (Å²) < 4.78 is 7.55. The third-order valence-corrected chi connectivity index (χ3v) is 5.54. The SMILES string of the molecule is CCO[C@]1(C)C(=O)c2ccc(Br)cc2N1Nc1cc(Br)ccc1C(=O)CC. The van der Waals surface area contributed by atoms with E-state index < -0.39 is 5.72 Å². The Bertz CT molecular complexity index is 916. The lowest BCUT2D eigenvalue weighted by Crippen LogP contribution is -2.53. The number of hydrogen-bond donors (Lipinski definition) is 1. The number of nitrogens with one attached hydrogen (secondary N) is 1. The molecule has 0 saturated heterocycles. The van der Waals surface area contributed by atoms with Gasteiger partial charge in [-0.15, -0.1) is 0 Å². The molecule has 0 radical (unpaired) electrons. The fourth-order valence-electron chi connectivity index (χ4n) is 3.20. The van der Waals surface area contributed by atoms with Gasteiger partial charge < -0.3 is 4.74 Å². The summed E-state index contributed by atoms with van der Waals surface area (Å²) in [4.78, 5) is 25.5. The summed E-state index contributed by atoms with van der Waals surface area (Å²) in [5.74, 6) is -0.110. The maximum absolute atomic E-state index is 13.1. The van der Waals surface area contributed by atoms with E-state index in [1.807, 2.05) is 38.1 Å². The van der Waals surface area contributed by atoms with Gasteiger partial charge in [0.1, 0.15) is 0 Å². The molecule has 0 aliphatic carbocycles. The van der Waals surface area contributed by atoms with Crippen molar-refractivity contribution in [1.82, 2.24) is 0 Å². The van der Waals surface area contributed by atoms with E-state index in [2.05, 4.69) is 37.3 Å². The van der Waals surface area contributed by atoms with Crippen LogP contribution in [0.2, 0.25) is 0 Å². The average molecular weight is 496 g/mol. The smallest absolute Gasteiger partial charge is 0.220 e. The van der Waals surface area contributed by atoms with E-state index in [0.717, 1.165) is 8.95 Å². The molecular formula is C20H20Br2N2O3. The van der Waals surface area contributed by atoms with Gasteiger partial charge in [-0.3, -0.25) is 15.0 Å². The normalized spacial score (nSPS) is 18.6. The molecule has 1 aliphatic rings. The van der Waals surface area contributed by atoms with Crippen LogP contribution in [-0.2, 0) is 4.74 Å². The van der Waals surface area contributed by atoms with Crippen molar-refractivity contribution in [1.29, 1.82) is 0 Å². The number of anilines is 2. The molecule has 5 nitrogen and oxygen atoms in total. The minimum Gasteiger partial charge on any atom is -0.347 e. The van der Waals surface area contributed by atoms with Gasteiger partial charge in [-0.2, -0.15) is 0 Å². The lowest BCUT2D eigenvalue weighted by molar-refractivity contribution is -0.00443. The molecule has 0 saturated carbocycles. The molecule has 1 aliphatic heterocycles. The number of Topliss-reactive ketones (excluding diaryl/α,β-unsaturated/α-hetero) is 2. The van der Waals surface area contributed by atoms with E-state index in [0.29, 0.717) is 35.5 Å². The van der Waals surface area contributed by atoms with Crippen molar-refractivity contribution in [2.45, 2.75) is 32.9 Å². The van der Waals surface area contributed by atoms with Crippen LogP contribution in [-0.4, -0.2) is 23.9 Å². The van der Waals surface area contributed by atoms with E-state index in [4.69, 9.17) is 4.74 Å². The Morgan fingerprint density at radius 1 is 1.15 bits per heavy atom. The van der Waals surface area contributed by atoms with Crippen LogP contribution in [0.1, 0.15) is 47.9 Å². The lowest BCUT2D eigenvalue weighted by atomic mass is 10.1. The quantitative estimate of drug-likeness (QED) is 0.529. The molecule has 0 unspecified atom stereocenters. The Balaban J connectivity index is 2.12. The third-order valence-electron chi connectivity index (χ3n) is 4.55. The molecule has 1 atom stereocenters. The molecule has 27 heavy (non-hydrogen) atoms. The Labute approximate surface area is 175 Å². The summed E-state index contributed by atoms with van der Waals surface area (Å²) in [6.45, 7) is 5.78. The van der Waals surface area contributed by atoms with Crippen LogP contribution < -0.4 is 10.4 Å². The number of ether oxygens (including phenoxy) is 1. The zero-order chi connectivity index (χ0) is 19.8. The van der Waals surface area contributed by atoms with Gasteiger partial charge in [0.2, 0.25) is 11.5 Å². The van der Waals surface area contributed by atoms with Gasteiger partial charge in [-0.1, -0.05) is 38.8 Å². The molecular weight excluding hydrogens is 476 g/mol. The van der Waals surface area contributed by atoms with Crippen LogP contribution in [0.15, 0.2) is 45.3 Å². The Kier molecular flexibility index (Phi) is 5.74. The number of carbonyl (C=O) groups excluding carboxylic acids is 2. The zero-order valence-electron chi connectivity index (χ0n) is 15.3. The molecule has 0 aromatic heterocycles. The number of benzene rings is 2. The topological polar surface area (TPSA) is 58.6 Å². The van der Waals surface area contributed by atoms with Crippen LogP contribution in [0.3, 0.4) is 0 Å². The monoisotopic (exact) mass is 494 g/mol. The summed E-state index contributed by atoms with van der Waals surface area (Å²) in [7, 11) is 0. The molecule has 0 amide bonds. The van der Waals surface area contributed by atoms with Gasteiger partial charge >= 0.3 is 0 Å². The second-order valence-corrected chi connectivity index (χ2v) is 8.15. The summed E-state index contributed by atoms with van der Waals surface area (Å²) in [5, 5.41) is 1.70. The number of ketones is 2. The van der Waals surface area contributed by atoms with E-state index in [9.17, 15) is 9.59 Å². The second kappa shape index (κ2) is 7.73. The molecule has 0 fully saturated rings. The average Bonchev–Trinajstić information content (AvgIpc) is 2.83. The number of carbonyl (C=O) groups is 2. The Morgan fingerprint density at radius 3 is 2.48 bits per heavy atom. The van der Waals surface area contributed by atoms with E-state index in [1.54, 1.807) is 24.1 Å².